The minimum atomic E-state index is -0.0684. The van der Waals surface area contributed by atoms with E-state index in [0.717, 1.165) is 40.9 Å². The van der Waals surface area contributed by atoms with Crippen LogP contribution in [0.4, 0.5) is 0 Å². The van der Waals surface area contributed by atoms with E-state index in [2.05, 4.69) is 14.9 Å². The van der Waals surface area contributed by atoms with Crippen molar-refractivity contribution in [1.82, 2.24) is 19.9 Å². The fourth-order valence-corrected chi connectivity index (χ4v) is 3.53. The summed E-state index contributed by atoms with van der Waals surface area (Å²) in [5.74, 6) is 1.30. The van der Waals surface area contributed by atoms with Gasteiger partial charge in [-0.2, -0.15) is 0 Å². The van der Waals surface area contributed by atoms with Gasteiger partial charge >= 0.3 is 0 Å². The first kappa shape index (κ1) is 16.0. The molecule has 27 heavy (non-hydrogen) atoms. The van der Waals surface area contributed by atoms with E-state index < -0.39 is 0 Å². The van der Waals surface area contributed by atoms with Crippen LogP contribution in [0.1, 0.15) is 17.1 Å². The van der Waals surface area contributed by atoms with Crippen LogP contribution in [-0.2, 0) is 19.5 Å². The van der Waals surface area contributed by atoms with E-state index in [-0.39, 0.29) is 5.56 Å². The molecular weight excluding hydrogens is 340 g/mol. The number of oxazole rings is 1. The van der Waals surface area contributed by atoms with Gasteiger partial charge in [-0.15, -0.1) is 0 Å². The fraction of sp³-hybridized carbons (Fsp3) is 0.190. The van der Waals surface area contributed by atoms with Gasteiger partial charge in [-0.1, -0.05) is 42.5 Å². The summed E-state index contributed by atoms with van der Waals surface area (Å²) in [5, 5.41) is 0. The summed E-state index contributed by atoms with van der Waals surface area (Å²) in [6.07, 6.45) is 0.735. The zero-order valence-electron chi connectivity index (χ0n) is 14.7. The topological polar surface area (TPSA) is 75.0 Å². The summed E-state index contributed by atoms with van der Waals surface area (Å²) in [4.78, 5) is 27.0. The van der Waals surface area contributed by atoms with Crippen LogP contribution < -0.4 is 5.56 Å². The molecule has 1 aliphatic heterocycles. The second-order valence-corrected chi connectivity index (χ2v) is 6.74. The molecule has 0 atom stereocenters. The molecule has 134 valence electrons. The third kappa shape index (κ3) is 3.04. The molecule has 0 radical (unpaired) electrons. The Morgan fingerprint density at radius 3 is 2.70 bits per heavy atom. The molecule has 0 fully saturated rings. The predicted molar refractivity (Wildman–Crippen MR) is 102 cm³/mol. The van der Waals surface area contributed by atoms with Gasteiger partial charge in [-0.05, 0) is 12.1 Å². The second-order valence-electron chi connectivity index (χ2n) is 6.74. The summed E-state index contributed by atoms with van der Waals surface area (Å²) >= 11 is 0. The average molecular weight is 358 g/mol. The highest BCUT2D eigenvalue weighted by Crippen LogP contribution is 2.21. The number of nitrogens with one attached hydrogen (secondary N) is 1. The lowest BCUT2D eigenvalue weighted by Crippen LogP contribution is -2.35. The molecule has 0 bridgehead atoms. The molecule has 0 spiro atoms. The van der Waals surface area contributed by atoms with Crippen molar-refractivity contribution >= 4 is 11.1 Å². The van der Waals surface area contributed by atoms with Gasteiger partial charge in [0.25, 0.3) is 5.56 Å². The van der Waals surface area contributed by atoms with Gasteiger partial charge in [-0.3, -0.25) is 9.69 Å². The third-order valence-electron chi connectivity index (χ3n) is 4.89. The predicted octanol–water partition coefficient (Wildman–Crippen LogP) is 3.14. The normalized spacial score (nSPS) is 14.4. The number of hydrogen-bond donors (Lipinski definition) is 1. The molecule has 0 amide bonds. The first-order valence-corrected chi connectivity index (χ1v) is 9.00. The van der Waals surface area contributed by atoms with Gasteiger partial charge in [0.05, 0.1) is 17.8 Å². The molecule has 2 aromatic heterocycles. The Hall–Kier alpha value is -3.25. The molecule has 0 aliphatic carbocycles. The first-order valence-electron chi connectivity index (χ1n) is 9.00. The van der Waals surface area contributed by atoms with Crippen molar-refractivity contribution in [3.8, 4) is 11.4 Å². The van der Waals surface area contributed by atoms with Gasteiger partial charge in [0.2, 0.25) is 5.89 Å². The Morgan fingerprint density at radius 1 is 1.04 bits per heavy atom. The maximum atomic E-state index is 12.6. The maximum absolute atomic E-state index is 12.6. The van der Waals surface area contributed by atoms with Crippen molar-refractivity contribution in [3.63, 3.8) is 0 Å². The van der Waals surface area contributed by atoms with E-state index in [1.54, 1.807) is 0 Å². The highest BCUT2D eigenvalue weighted by Gasteiger charge is 2.23. The van der Waals surface area contributed by atoms with Crippen LogP contribution in [0.15, 0.2) is 63.8 Å². The standard InChI is InChI=1S/C21H18N4O2/c26-21-15-12-25(13-19-22-17-8-4-5-9-18(17)27-19)11-10-16(15)23-20(24-21)14-6-2-1-3-7-14/h1-9H,10-13H2,(H,23,24,26). The number of hydrogen-bond acceptors (Lipinski definition) is 5. The Kier molecular flexibility index (Phi) is 3.83. The van der Waals surface area contributed by atoms with Gasteiger partial charge < -0.3 is 9.40 Å². The molecule has 0 saturated heterocycles. The van der Waals surface area contributed by atoms with Crippen LogP contribution in [0.5, 0.6) is 0 Å². The number of H-pyrrole nitrogens is 1. The lowest BCUT2D eigenvalue weighted by atomic mass is 10.1. The van der Waals surface area contributed by atoms with Gasteiger partial charge in [0.1, 0.15) is 11.3 Å². The molecule has 0 saturated carbocycles. The minimum absolute atomic E-state index is 0.0684. The number of aromatic nitrogens is 3. The highest BCUT2D eigenvalue weighted by atomic mass is 16.3. The lowest BCUT2D eigenvalue weighted by molar-refractivity contribution is 0.220. The number of fused-ring (bicyclic) bond motifs is 2. The molecule has 0 unspecified atom stereocenters. The van der Waals surface area contributed by atoms with Crippen LogP contribution in [-0.4, -0.2) is 26.4 Å². The molecule has 3 heterocycles. The SMILES string of the molecule is O=c1[nH]c(-c2ccccc2)nc2c1CN(Cc1nc3ccccc3o1)CC2. The van der Waals surface area contributed by atoms with Gasteiger partial charge in [0, 0.05) is 25.1 Å². The van der Waals surface area contributed by atoms with Crippen molar-refractivity contribution in [2.24, 2.45) is 0 Å². The van der Waals surface area contributed by atoms with Gasteiger partial charge in [-0.25, -0.2) is 9.97 Å². The molecule has 6 nitrogen and oxygen atoms in total. The van der Waals surface area contributed by atoms with E-state index in [1.807, 2.05) is 54.6 Å². The van der Waals surface area contributed by atoms with Crippen molar-refractivity contribution in [2.45, 2.75) is 19.5 Å². The van der Waals surface area contributed by atoms with Crippen LogP contribution >= 0.6 is 0 Å². The fourth-order valence-electron chi connectivity index (χ4n) is 3.53. The van der Waals surface area contributed by atoms with Crippen molar-refractivity contribution in [1.29, 1.82) is 0 Å². The quantitative estimate of drug-likeness (QED) is 0.609. The smallest absolute Gasteiger partial charge is 0.255 e. The van der Waals surface area contributed by atoms with E-state index >= 15 is 0 Å². The molecule has 1 N–H and O–H groups in total. The lowest BCUT2D eigenvalue weighted by Gasteiger charge is -2.26. The Bertz CT molecular complexity index is 1130. The minimum Gasteiger partial charge on any atom is -0.439 e. The van der Waals surface area contributed by atoms with E-state index in [9.17, 15) is 4.79 Å². The summed E-state index contributed by atoms with van der Waals surface area (Å²) in [5.41, 5.74) is 4.12. The third-order valence-corrected chi connectivity index (χ3v) is 4.89. The molecule has 4 aromatic rings. The van der Waals surface area contributed by atoms with Gasteiger partial charge in [0.15, 0.2) is 5.58 Å². The second kappa shape index (κ2) is 6.48. The van der Waals surface area contributed by atoms with E-state index in [4.69, 9.17) is 9.40 Å². The number of para-hydroxylation sites is 2. The van der Waals surface area contributed by atoms with Crippen molar-refractivity contribution in [2.75, 3.05) is 6.54 Å². The largest absolute Gasteiger partial charge is 0.439 e. The van der Waals surface area contributed by atoms with E-state index in [1.165, 1.54) is 0 Å². The average Bonchev–Trinajstić information content (AvgIpc) is 3.11. The zero-order valence-corrected chi connectivity index (χ0v) is 14.7. The Labute approximate surface area is 155 Å². The van der Waals surface area contributed by atoms with Crippen molar-refractivity contribution in [3.05, 3.63) is 82.1 Å². The van der Waals surface area contributed by atoms with Crippen LogP contribution in [0.2, 0.25) is 0 Å². The van der Waals surface area contributed by atoms with E-state index in [0.29, 0.717) is 24.8 Å². The maximum Gasteiger partial charge on any atom is 0.255 e. The molecule has 2 aromatic carbocycles. The summed E-state index contributed by atoms with van der Waals surface area (Å²) in [6, 6.07) is 17.5. The Balaban J connectivity index is 1.40. The molecule has 6 heteroatoms. The number of rotatable bonds is 3. The van der Waals surface area contributed by atoms with Crippen LogP contribution in [0.3, 0.4) is 0 Å². The number of nitrogens with zero attached hydrogens (tertiary/aromatic N) is 3. The van der Waals surface area contributed by atoms with Crippen molar-refractivity contribution < 1.29 is 4.42 Å². The van der Waals surface area contributed by atoms with Crippen LogP contribution in [0, 0.1) is 0 Å². The monoisotopic (exact) mass is 358 g/mol. The molecule has 5 rings (SSSR count). The number of aromatic amines is 1. The molecular formula is C21H18N4O2. The Morgan fingerprint density at radius 2 is 1.85 bits per heavy atom. The number of benzene rings is 2. The first-order chi connectivity index (χ1) is 13.3. The highest BCUT2D eigenvalue weighted by molar-refractivity contribution is 5.72. The molecule has 1 aliphatic rings. The zero-order chi connectivity index (χ0) is 18.2. The summed E-state index contributed by atoms with van der Waals surface area (Å²) in [7, 11) is 0. The summed E-state index contributed by atoms with van der Waals surface area (Å²) in [6.45, 7) is 1.94. The summed E-state index contributed by atoms with van der Waals surface area (Å²) < 4.78 is 5.81. The van der Waals surface area contributed by atoms with Crippen LogP contribution in [0.25, 0.3) is 22.5 Å².